The molecule has 0 aromatic heterocycles. The first kappa shape index (κ1) is 21.4. The number of anilines is 2. The molecule has 0 saturated carbocycles. The molecular weight excluding hydrogens is 430 g/mol. The molecule has 4 rings (SSSR count). The molecule has 5 nitrogen and oxygen atoms in total. The number of rotatable bonds is 4. The van der Waals surface area contributed by atoms with E-state index in [0.29, 0.717) is 16.3 Å². The maximum Gasteiger partial charge on any atom is 0.261 e. The van der Waals surface area contributed by atoms with Gasteiger partial charge in [0.15, 0.2) is 5.11 Å². The minimum atomic E-state index is -0.332. The van der Waals surface area contributed by atoms with Crippen molar-refractivity contribution in [1.82, 2.24) is 5.32 Å². The van der Waals surface area contributed by atoms with Crippen molar-refractivity contribution in [2.45, 2.75) is 19.3 Å². The molecule has 7 heteroatoms. The highest BCUT2D eigenvalue weighted by Crippen LogP contribution is 2.35. The minimum Gasteiger partial charge on any atom is -0.496 e. The lowest BCUT2D eigenvalue weighted by atomic mass is 10.1. The zero-order chi connectivity index (χ0) is 21.8. The molecule has 31 heavy (non-hydrogen) atoms. The van der Waals surface area contributed by atoms with Crippen LogP contribution in [0.15, 0.2) is 54.6 Å². The van der Waals surface area contributed by atoms with E-state index in [1.807, 2.05) is 54.6 Å². The van der Waals surface area contributed by atoms with Crippen LogP contribution in [0.5, 0.6) is 5.75 Å². The van der Waals surface area contributed by atoms with Crippen molar-refractivity contribution >= 4 is 57.0 Å². The lowest BCUT2D eigenvalue weighted by Gasteiger charge is -2.31. The number of halogens is 1. The molecule has 0 radical (unpaired) electrons. The van der Waals surface area contributed by atoms with E-state index >= 15 is 0 Å². The second-order valence-corrected chi connectivity index (χ2v) is 8.31. The number of amides is 1. The third kappa shape index (κ3) is 4.75. The maximum absolute atomic E-state index is 13.0. The summed E-state index contributed by atoms with van der Waals surface area (Å²) in [4.78, 5) is 15.2. The van der Waals surface area contributed by atoms with Gasteiger partial charge in [-0.3, -0.25) is 10.1 Å². The topological polar surface area (TPSA) is 53.6 Å². The number of thiocarbonyl (C=S) groups is 1. The Labute approximate surface area is 192 Å². The number of nitrogens with one attached hydrogen (secondary N) is 2. The van der Waals surface area contributed by atoms with Crippen LogP contribution in [-0.4, -0.2) is 31.2 Å². The van der Waals surface area contributed by atoms with Gasteiger partial charge in [-0.05, 0) is 66.5 Å². The van der Waals surface area contributed by atoms with Crippen molar-refractivity contribution in [2.75, 3.05) is 30.4 Å². The third-order valence-electron chi connectivity index (χ3n) is 5.45. The summed E-state index contributed by atoms with van der Waals surface area (Å²) in [6.07, 6.45) is 3.49. The lowest BCUT2D eigenvalue weighted by molar-refractivity contribution is 0.0975. The highest BCUT2D eigenvalue weighted by atomic mass is 35.5. The standard InChI is InChI=1S/C24H24ClN3O2S/c1-30-21-15-17-9-4-3-8-16(17)14-18(21)23(29)27-24(31)26-20-11-7-10-19(25)22(20)28-12-5-2-6-13-28/h3-4,7-11,14-15H,2,5-6,12-13H2,1H3,(H2,26,27,29,31). The smallest absolute Gasteiger partial charge is 0.261 e. The molecular formula is C24H24ClN3O2S. The zero-order valence-electron chi connectivity index (χ0n) is 17.3. The van der Waals surface area contributed by atoms with Crippen LogP contribution in [0.25, 0.3) is 10.8 Å². The van der Waals surface area contributed by atoms with Crippen molar-refractivity contribution in [3.8, 4) is 5.75 Å². The second-order valence-electron chi connectivity index (χ2n) is 7.49. The van der Waals surface area contributed by atoms with E-state index in [-0.39, 0.29) is 11.0 Å². The SMILES string of the molecule is COc1cc2ccccc2cc1C(=O)NC(=S)Nc1cccc(Cl)c1N1CCCCC1. The second kappa shape index (κ2) is 9.54. The van der Waals surface area contributed by atoms with Gasteiger partial charge in [-0.2, -0.15) is 0 Å². The quantitative estimate of drug-likeness (QED) is 0.502. The predicted octanol–water partition coefficient (Wildman–Crippen LogP) is 5.62. The molecule has 3 aromatic carbocycles. The molecule has 0 bridgehead atoms. The van der Waals surface area contributed by atoms with Gasteiger partial charge in [-0.25, -0.2) is 0 Å². The fraction of sp³-hybridized carbons (Fsp3) is 0.250. The van der Waals surface area contributed by atoms with E-state index < -0.39 is 0 Å². The Morgan fingerprint density at radius 2 is 1.74 bits per heavy atom. The van der Waals surface area contributed by atoms with Crippen LogP contribution in [0.4, 0.5) is 11.4 Å². The highest BCUT2D eigenvalue weighted by molar-refractivity contribution is 7.80. The summed E-state index contributed by atoms with van der Waals surface area (Å²) < 4.78 is 5.44. The Bertz CT molecular complexity index is 1130. The molecule has 0 unspecified atom stereocenters. The molecule has 0 spiro atoms. The number of hydrogen-bond donors (Lipinski definition) is 2. The van der Waals surface area contributed by atoms with Crippen LogP contribution in [0.1, 0.15) is 29.6 Å². The average Bonchev–Trinajstić information content (AvgIpc) is 2.78. The zero-order valence-corrected chi connectivity index (χ0v) is 18.9. The van der Waals surface area contributed by atoms with Gasteiger partial charge in [0.25, 0.3) is 5.91 Å². The predicted molar refractivity (Wildman–Crippen MR) is 132 cm³/mol. The van der Waals surface area contributed by atoms with Crippen molar-refractivity contribution in [2.24, 2.45) is 0 Å². The largest absolute Gasteiger partial charge is 0.496 e. The summed E-state index contributed by atoms with van der Waals surface area (Å²) in [6.45, 7) is 1.90. The lowest BCUT2D eigenvalue weighted by Crippen LogP contribution is -2.35. The van der Waals surface area contributed by atoms with Gasteiger partial charge in [-0.1, -0.05) is 41.9 Å². The number of piperidine rings is 1. The van der Waals surface area contributed by atoms with Crippen molar-refractivity contribution in [3.63, 3.8) is 0 Å². The van der Waals surface area contributed by atoms with Crippen molar-refractivity contribution < 1.29 is 9.53 Å². The minimum absolute atomic E-state index is 0.209. The van der Waals surface area contributed by atoms with Gasteiger partial charge in [0.05, 0.1) is 29.1 Å². The summed E-state index contributed by atoms with van der Waals surface area (Å²) >= 11 is 12.0. The Morgan fingerprint density at radius 3 is 2.45 bits per heavy atom. The molecule has 1 fully saturated rings. The summed E-state index contributed by atoms with van der Waals surface area (Å²) in [5.41, 5.74) is 2.13. The number of fused-ring (bicyclic) bond motifs is 1. The van der Waals surface area contributed by atoms with Crippen molar-refractivity contribution in [3.05, 3.63) is 65.2 Å². The Morgan fingerprint density at radius 1 is 1.03 bits per heavy atom. The fourth-order valence-electron chi connectivity index (χ4n) is 3.94. The van der Waals surface area contributed by atoms with Crippen LogP contribution in [0.2, 0.25) is 5.02 Å². The molecule has 3 aromatic rings. The van der Waals surface area contributed by atoms with Gasteiger partial charge >= 0.3 is 0 Å². The molecule has 0 atom stereocenters. The molecule has 160 valence electrons. The number of para-hydroxylation sites is 1. The van der Waals surface area contributed by atoms with Crippen LogP contribution < -0.4 is 20.3 Å². The Hall–Kier alpha value is -2.83. The number of carbonyl (C=O) groups is 1. The van der Waals surface area contributed by atoms with E-state index in [4.69, 9.17) is 28.6 Å². The number of methoxy groups -OCH3 is 1. The molecule has 0 aliphatic carbocycles. The highest BCUT2D eigenvalue weighted by Gasteiger charge is 2.19. The number of hydrogen-bond acceptors (Lipinski definition) is 4. The van der Waals surface area contributed by atoms with Gasteiger partial charge < -0.3 is 15.0 Å². The van der Waals surface area contributed by atoms with E-state index in [0.717, 1.165) is 48.1 Å². The van der Waals surface area contributed by atoms with E-state index in [1.165, 1.54) is 6.42 Å². The van der Waals surface area contributed by atoms with Crippen LogP contribution in [0, 0.1) is 0 Å². The number of ether oxygens (including phenoxy) is 1. The van der Waals surface area contributed by atoms with Gasteiger partial charge in [0.2, 0.25) is 0 Å². The van der Waals surface area contributed by atoms with Gasteiger partial charge in [0, 0.05) is 13.1 Å². The molecule has 1 heterocycles. The van der Waals surface area contributed by atoms with E-state index in [2.05, 4.69) is 15.5 Å². The summed E-state index contributed by atoms with van der Waals surface area (Å²) in [5, 5.41) is 8.76. The molecule has 2 N–H and O–H groups in total. The number of nitrogens with zero attached hydrogens (tertiary/aromatic N) is 1. The normalized spacial score (nSPS) is 13.7. The molecule has 1 amide bonds. The molecule has 1 aliphatic rings. The molecule has 1 saturated heterocycles. The molecule has 1 aliphatic heterocycles. The Balaban J connectivity index is 1.54. The van der Waals surface area contributed by atoms with E-state index in [1.54, 1.807) is 7.11 Å². The van der Waals surface area contributed by atoms with E-state index in [9.17, 15) is 4.79 Å². The van der Waals surface area contributed by atoms with Crippen molar-refractivity contribution in [1.29, 1.82) is 0 Å². The summed E-state index contributed by atoms with van der Waals surface area (Å²) in [7, 11) is 1.55. The summed E-state index contributed by atoms with van der Waals surface area (Å²) in [5.74, 6) is 0.164. The number of benzene rings is 3. The fourth-order valence-corrected chi connectivity index (χ4v) is 4.44. The Kier molecular flexibility index (Phi) is 6.59. The van der Waals surface area contributed by atoms with Gasteiger partial charge in [-0.15, -0.1) is 0 Å². The van der Waals surface area contributed by atoms with Crippen LogP contribution in [-0.2, 0) is 0 Å². The monoisotopic (exact) mass is 453 g/mol. The average molecular weight is 454 g/mol. The summed E-state index contributed by atoms with van der Waals surface area (Å²) in [6, 6.07) is 17.1. The third-order valence-corrected chi connectivity index (χ3v) is 5.96. The number of carbonyl (C=O) groups excluding carboxylic acids is 1. The maximum atomic E-state index is 13.0. The van der Waals surface area contributed by atoms with Gasteiger partial charge in [0.1, 0.15) is 5.75 Å². The van der Waals surface area contributed by atoms with Crippen LogP contribution in [0.3, 0.4) is 0 Å². The first-order valence-electron chi connectivity index (χ1n) is 10.3. The first-order valence-corrected chi connectivity index (χ1v) is 11.1. The first-order chi connectivity index (χ1) is 15.1. The van der Waals surface area contributed by atoms with Crippen LogP contribution >= 0.6 is 23.8 Å².